The zero-order valence-electron chi connectivity index (χ0n) is 10.8. The summed E-state index contributed by atoms with van der Waals surface area (Å²) < 4.78 is 0.955. The number of halogens is 2. The molecule has 1 unspecified atom stereocenters. The maximum atomic E-state index is 11.4. The van der Waals surface area contributed by atoms with E-state index in [0.29, 0.717) is 25.9 Å². The van der Waals surface area contributed by atoms with Gasteiger partial charge in [-0.15, -0.1) is 0 Å². The van der Waals surface area contributed by atoms with Crippen molar-refractivity contribution in [3.63, 3.8) is 0 Å². The molecule has 3 nitrogen and oxygen atoms in total. The first-order valence-electron chi connectivity index (χ1n) is 6.36. The second-order valence-electron chi connectivity index (χ2n) is 5.14. The fourth-order valence-corrected chi connectivity index (χ4v) is 3.33. The van der Waals surface area contributed by atoms with Gasteiger partial charge in [0.05, 0.1) is 5.41 Å². The Bertz CT molecular complexity index is 494. The van der Waals surface area contributed by atoms with Crippen molar-refractivity contribution in [3.8, 4) is 0 Å². The Morgan fingerprint density at radius 3 is 2.84 bits per heavy atom. The largest absolute Gasteiger partial charge is 0.481 e. The number of carboxylic acids is 1. The number of likely N-dealkylation sites (tertiary alicyclic amines) is 1. The molecule has 1 aromatic carbocycles. The van der Waals surface area contributed by atoms with Gasteiger partial charge < -0.3 is 5.11 Å². The molecule has 0 spiro atoms. The fourth-order valence-electron chi connectivity index (χ4n) is 2.60. The summed E-state index contributed by atoms with van der Waals surface area (Å²) in [6, 6.07) is 5.82. The Labute approximate surface area is 126 Å². The first-order chi connectivity index (χ1) is 8.97. The van der Waals surface area contributed by atoms with E-state index in [4.69, 9.17) is 11.6 Å². The van der Waals surface area contributed by atoms with E-state index >= 15 is 0 Å². The lowest BCUT2D eigenvalue weighted by molar-refractivity contribution is -0.148. The van der Waals surface area contributed by atoms with Gasteiger partial charge in [0, 0.05) is 22.6 Å². The summed E-state index contributed by atoms with van der Waals surface area (Å²) in [6.45, 7) is 4.07. The quantitative estimate of drug-likeness (QED) is 0.902. The highest BCUT2D eigenvalue weighted by Crippen LogP contribution is 2.35. The second-order valence-corrected chi connectivity index (χ2v) is 6.46. The van der Waals surface area contributed by atoms with Gasteiger partial charge in [-0.3, -0.25) is 9.69 Å². The summed E-state index contributed by atoms with van der Waals surface area (Å²) >= 11 is 9.58. The number of rotatable bonds is 4. The molecule has 1 fully saturated rings. The van der Waals surface area contributed by atoms with E-state index in [-0.39, 0.29) is 0 Å². The summed E-state index contributed by atoms with van der Waals surface area (Å²) in [5.74, 6) is -0.681. The van der Waals surface area contributed by atoms with Crippen molar-refractivity contribution >= 4 is 33.5 Å². The van der Waals surface area contributed by atoms with Crippen LogP contribution in [0.1, 0.15) is 25.3 Å². The van der Waals surface area contributed by atoms with E-state index in [9.17, 15) is 9.90 Å². The smallest absolute Gasteiger partial charge is 0.310 e. The van der Waals surface area contributed by atoms with E-state index in [2.05, 4.69) is 20.8 Å². The Kier molecular flexibility index (Phi) is 4.54. The Hall–Kier alpha value is -0.580. The zero-order valence-corrected chi connectivity index (χ0v) is 13.2. The SMILES string of the molecule is CCC1(C(=O)O)CCN(Cc2ccc(Br)cc2Cl)C1. The van der Waals surface area contributed by atoms with Crippen LogP contribution in [0.4, 0.5) is 0 Å². The molecular weight excluding hydrogens is 330 g/mol. The minimum Gasteiger partial charge on any atom is -0.481 e. The first-order valence-corrected chi connectivity index (χ1v) is 7.53. The summed E-state index contributed by atoms with van der Waals surface area (Å²) in [7, 11) is 0. The highest BCUT2D eigenvalue weighted by Gasteiger charge is 2.43. The number of aliphatic carboxylic acids is 1. The van der Waals surface area contributed by atoms with Gasteiger partial charge in [-0.2, -0.15) is 0 Å². The molecule has 0 radical (unpaired) electrons. The Balaban J connectivity index is 2.08. The van der Waals surface area contributed by atoms with Crippen LogP contribution in [0.3, 0.4) is 0 Å². The lowest BCUT2D eigenvalue weighted by Gasteiger charge is -2.23. The third kappa shape index (κ3) is 3.12. The van der Waals surface area contributed by atoms with E-state index in [0.717, 1.165) is 21.6 Å². The molecule has 1 N–H and O–H groups in total. The van der Waals surface area contributed by atoms with Gasteiger partial charge >= 0.3 is 5.97 Å². The maximum Gasteiger partial charge on any atom is 0.310 e. The number of hydrogen-bond donors (Lipinski definition) is 1. The van der Waals surface area contributed by atoms with Crippen LogP contribution in [0.25, 0.3) is 0 Å². The van der Waals surface area contributed by atoms with Crippen molar-refractivity contribution in [1.82, 2.24) is 4.90 Å². The van der Waals surface area contributed by atoms with E-state index < -0.39 is 11.4 Å². The topological polar surface area (TPSA) is 40.5 Å². The number of carbonyl (C=O) groups is 1. The number of nitrogens with zero attached hydrogens (tertiary/aromatic N) is 1. The molecule has 19 heavy (non-hydrogen) atoms. The molecule has 104 valence electrons. The average Bonchev–Trinajstić information content (AvgIpc) is 2.77. The molecule has 5 heteroatoms. The number of carboxylic acid groups (broad SMARTS) is 1. The Morgan fingerprint density at radius 1 is 1.58 bits per heavy atom. The molecule has 0 amide bonds. The normalized spacial score (nSPS) is 23.7. The van der Waals surface area contributed by atoms with Gasteiger partial charge in [0.1, 0.15) is 0 Å². The molecule has 0 bridgehead atoms. The van der Waals surface area contributed by atoms with Gasteiger partial charge in [0.15, 0.2) is 0 Å². The number of benzene rings is 1. The van der Waals surface area contributed by atoms with Crippen LogP contribution in [-0.2, 0) is 11.3 Å². The van der Waals surface area contributed by atoms with Crippen LogP contribution >= 0.6 is 27.5 Å². The van der Waals surface area contributed by atoms with Crippen LogP contribution < -0.4 is 0 Å². The summed E-state index contributed by atoms with van der Waals surface area (Å²) in [4.78, 5) is 13.6. The second kappa shape index (κ2) is 5.81. The van der Waals surface area contributed by atoms with Crippen LogP contribution in [0.5, 0.6) is 0 Å². The van der Waals surface area contributed by atoms with Gasteiger partial charge in [-0.25, -0.2) is 0 Å². The standard InChI is InChI=1S/C14H17BrClNO2/c1-2-14(13(18)19)5-6-17(9-14)8-10-3-4-11(15)7-12(10)16/h3-4,7H,2,5-6,8-9H2,1H3,(H,18,19). The lowest BCUT2D eigenvalue weighted by atomic mass is 9.84. The molecule has 1 aromatic rings. The minimum absolute atomic E-state index is 0.582. The maximum absolute atomic E-state index is 11.4. The van der Waals surface area contributed by atoms with Gasteiger partial charge in [-0.05, 0) is 37.1 Å². The van der Waals surface area contributed by atoms with Gasteiger partial charge in [0.2, 0.25) is 0 Å². The number of hydrogen-bond acceptors (Lipinski definition) is 2. The third-order valence-corrected chi connectivity index (χ3v) is 4.82. The fraction of sp³-hybridized carbons (Fsp3) is 0.500. The average molecular weight is 347 g/mol. The van der Waals surface area contributed by atoms with Crippen LogP contribution in [0.2, 0.25) is 5.02 Å². The Morgan fingerprint density at radius 2 is 2.32 bits per heavy atom. The monoisotopic (exact) mass is 345 g/mol. The van der Waals surface area contributed by atoms with E-state index in [1.54, 1.807) is 0 Å². The molecule has 1 aliphatic rings. The van der Waals surface area contributed by atoms with Crippen molar-refractivity contribution in [3.05, 3.63) is 33.3 Å². The first kappa shape index (κ1) is 14.8. The highest BCUT2D eigenvalue weighted by atomic mass is 79.9. The predicted molar refractivity (Wildman–Crippen MR) is 79.4 cm³/mol. The third-order valence-electron chi connectivity index (χ3n) is 3.97. The molecule has 0 saturated carbocycles. The minimum atomic E-state index is -0.681. The van der Waals surface area contributed by atoms with Crippen LogP contribution in [-0.4, -0.2) is 29.1 Å². The molecule has 1 aliphatic heterocycles. The van der Waals surface area contributed by atoms with Crippen molar-refractivity contribution in [2.75, 3.05) is 13.1 Å². The van der Waals surface area contributed by atoms with Crippen molar-refractivity contribution in [1.29, 1.82) is 0 Å². The van der Waals surface area contributed by atoms with Crippen LogP contribution in [0, 0.1) is 5.41 Å². The van der Waals surface area contributed by atoms with E-state index in [1.165, 1.54) is 0 Å². The summed E-state index contributed by atoms with van der Waals surface area (Å²) in [5.41, 5.74) is 0.462. The lowest BCUT2D eigenvalue weighted by Crippen LogP contribution is -2.33. The van der Waals surface area contributed by atoms with Crippen LogP contribution in [0.15, 0.2) is 22.7 Å². The zero-order chi connectivity index (χ0) is 14.0. The van der Waals surface area contributed by atoms with Crippen molar-refractivity contribution < 1.29 is 9.90 Å². The predicted octanol–water partition coefficient (Wildman–Crippen LogP) is 3.79. The highest BCUT2D eigenvalue weighted by molar-refractivity contribution is 9.10. The molecule has 1 heterocycles. The molecule has 0 aliphatic carbocycles. The molecule has 0 aromatic heterocycles. The summed E-state index contributed by atoms with van der Waals surface area (Å²) in [6.07, 6.45) is 1.39. The van der Waals surface area contributed by atoms with Gasteiger partial charge in [0.25, 0.3) is 0 Å². The molecule has 1 saturated heterocycles. The van der Waals surface area contributed by atoms with E-state index in [1.807, 2.05) is 25.1 Å². The van der Waals surface area contributed by atoms with Gasteiger partial charge in [-0.1, -0.05) is 40.5 Å². The van der Waals surface area contributed by atoms with Crippen molar-refractivity contribution in [2.45, 2.75) is 26.3 Å². The molecule has 2 rings (SSSR count). The summed E-state index contributed by atoms with van der Waals surface area (Å²) in [5, 5.41) is 10.1. The molecule has 1 atom stereocenters. The van der Waals surface area contributed by atoms with Crippen molar-refractivity contribution in [2.24, 2.45) is 5.41 Å². The molecular formula is C14H17BrClNO2.